The molecule has 0 aromatic rings. The van der Waals surface area contributed by atoms with Crippen molar-refractivity contribution in [3.63, 3.8) is 0 Å². The van der Waals surface area contributed by atoms with Crippen LogP contribution in [0.3, 0.4) is 0 Å². The molecule has 1 unspecified atom stereocenters. The summed E-state index contributed by atoms with van der Waals surface area (Å²) >= 11 is -2.09. The van der Waals surface area contributed by atoms with Gasteiger partial charge in [0.15, 0.2) is 0 Å². The molecule has 0 bridgehead atoms. The van der Waals surface area contributed by atoms with Crippen LogP contribution in [0, 0.1) is 11.3 Å². The molecule has 84 valence electrons. The van der Waals surface area contributed by atoms with Crippen LogP contribution in [0.15, 0.2) is 0 Å². The smallest absolute Gasteiger partial charge is 0.284 e. The first-order valence-corrected chi connectivity index (χ1v) is 6.33. The van der Waals surface area contributed by atoms with Crippen molar-refractivity contribution >= 4 is 11.4 Å². The molecule has 1 aliphatic carbocycles. The first-order chi connectivity index (χ1) is 6.56. The molecule has 0 radical (unpaired) electrons. The fraction of sp³-hybridized carbons (Fsp3) is 1.00. The van der Waals surface area contributed by atoms with E-state index in [0.717, 1.165) is 12.8 Å². The summed E-state index contributed by atoms with van der Waals surface area (Å²) in [5.41, 5.74) is 0.495. The van der Waals surface area contributed by atoms with Crippen molar-refractivity contribution < 1.29 is 12.9 Å². The van der Waals surface area contributed by atoms with E-state index in [4.69, 9.17) is 8.74 Å². The van der Waals surface area contributed by atoms with E-state index >= 15 is 0 Å². The molecule has 0 spiro atoms. The van der Waals surface area contributed by atoms with Crippen LogP contribution in [-0.4, -0.2) is 15.4 Å². The van der Waals surface area contributed by atoms with Crippen molar-refractivity contribution in [2.75, 3.05) is 6.61 Å². The maximum atomic E-state index is 10.3. The van der Waals surface area contributed by atoms with E-state index in [1.165, 1.54) is 19.3 Å². The van der Waals surface area contributed by atoms with Gasteiger partial charge in [0.05, 0.1) is 6.61 Å². The molecule has 0 amide bonds. The van der Waals surface area contributed by atoms with E-state index in [1.807, 2.05) is 0 Å². The summed E-state index contributed by atoms with van der Waals surface area (Å²) in [5.74, 6) is 0.478. The zero-order valence-corrected chi connectivity index (χ0v) is 9.81. The molecule has 1 rings (SSSR count). The normalized spacial score (nSPS) is 35.5. The lowest BCUT2D eigenvalue weighted by atomic mass is 9.70. The Balaban J connectivity index is 2.25. The maximum absolute atomic E-state index is 10.3. The summed E-state index contributed by atoms with van der Waals surface area (Å²) in [6.07, 6.45) is 5.92. The summed E-state index contributed by atoms with van der Waals surface area (Å²) in [5, 5.41) is 0. The zero-order valence-electron chi connectivity index (χ0n) is 8.99. The summed E-state index contributed by atoms with van der Waals surface area (Å²) in [6.45, 7) is 5.00. The van der Waals surface area contributed by atoms with Gasteiger partial charge in [0.2, 0.25) is 0 Å². The molecule has 0 aromatic carbocycles. The highest BCUT2D eigenvalue weighted by atomic mass is 32.2. The largest absolute Gasteiger partial charge is 0.301 e. The lowest BCUT2D eigenvalue weighted by Crippen LogP contribution is -2.26. The van der Waals surface area contributed by atoms with Crippen LogP contribution in [0.4, 0.5) is 0 Å². The molecule has 1 atom stereocenters. The molecule has 0 saturated heterocycles. The molecule has 14 heavy (non-hydrogen) atoms. The van der Waals surface area contributed by atoms with Crippen LogP contribution in [0.2, 0.25) is 0 Å². The summed E-state index contributed by atoms with van der Waals surface area (Å²) in [6, 6.07) is 0. The zero-order chi connectivity index (χ0) is 10.6. The number of hydrogen-bond acceptors (Lipinski definition) is 2. The highest BCUT2D eigenvalue weighted by molar-refractivity contribution is 7.74. The Bertz CT molecular complexity index is 198. The van der Waals surface area contributed by atoms with Crippen molar-refractivity contribution in [2.24, 2.45) is 11.3 Å². The Kier molecular flexibility index (Phi) is 4.54. The Labute approximate surface area is 88.7 Å². The van der Waals surface area contributed by atoms with Gasteiger partial charge in [-0.25, -0.2) is 0 Å². The van der Waals surface area contributed by atoms with Crippen molar-refractivity contribution in [3.8, 4) is 0 Å². The maximum Gasteiger partial charge on any atom is 0.301 e. The number of rotatable bonds is 4. The molecule has 4 heteroatoms. The van der Waals surface area contributed by atoms with E-state index in [9.17, 15) is 4.21 Å². The topological polar surface area (TPSA) is 46.5 Å². The molecule has 0 heterocycles. The molecule has 3 nitrogen and oxygen atoms in total. The van der Waals surface area contributed by atoms with Crippen molar-refractivity contribution in [2.45, 2.75) is 46.0 Å². The fourth-order valence-corrected chi connectivity index (χ4v) is 2.36. The molecular formula is C10H20O3S. The Morgan fingerprint density at radius 3 is 2.50 bits per heavy atom. The lowest BCUT2D eigenvalue weighted by Gasteiger charge is -2.36. The van der Waals surface area contributed by atoms with E-state index < -0.39 is 11.4 Å². The van der Waals surface area contributed by atoms with Crippen LogP contribution < -0.4 is 0 Å². The van der Waals surface area contributed by atoms with Crippen molar-refractivity contribution in [1.29, 1.82) is 0 Å². The minimum Gasteiger partial charge on any atom is -0.284 e. The van der Waals surface area contributed by atoms with Crippen LogP contribution in [0.25, 0.3) is 0 Å². The summed E-state index contributed by atoms with van der Waals surface area (Å²) < 4.78 is 23.5. The predicted octanol–water partition coefficient (Wildman–Crippen LogP) is 2.75. The molecule has 1 fully saturated rings. The lowest BCUT2D eigenvalue weighted by molar-refractivity contribution is 0.127. The third-order valence-electron chi connectivity index (χ3n) is 3.57. The van der Waals surface area contributed by atoms with Gasteiger partial charge in [-0.1, -0.05) is 20.3 Å². The molecule has 0 aromatic heterocycles. The van der Waals surface area contributed by atoms with Gasteiger partial charge in [0.1, 0.15) is 0 Å². The van der Waals surface area contributed by atoms with Gasteiger partial charge < -0.3 is 0 Å². The third kappa shape index (κ3) is 3.67. The second-order valence-corrected chi connectivity index (χ2v) is 5.28. The summed E-state index contributed by atoms with van der Waals surface area (Å²) in [7, 11) is 0. The van der Waals surface area contributed by atoms with Gasteiger partial charge in [-0.2, -0.15) is 4.21 Å². The SMILES string of the molecule is CCC1(C)CCC(COS(=O)O)CC1. The first kappa shape index (κ1) is 12.1. The van der Waals surface area contributed by atoms with Crippen molar-refractivity contribution in [1.82, 2.24) is 0 Å². The van der Waals surface area contributed by atoms with Gasteiger partial charge in [-0.3, -0.25) is 8.74 Å². The molecule has 0 aliphatic heterocycles. The highest BCUT2D eigenvalue weighted by Crippen LogP contribution is 2.40. The van der Waals surface area contributed by atoms with Crippen LogP contribution in [0.1, 0.15) is 46.0 Å². The van der Waals surface area contributed by atoms with Gasteiger partial charge in [-0.15, -0.1) is 0 Å². The van der Waals surface area contributed by atoms with Gasteiger partial charge >= 0.3 is 11.4 Å². The molecular weight excluding hydrogens is 200 g/mol. The van der Waals surface area contributed by atoms with Gasteiger partial charge in [0.25, 0.3) is 0 Å². The molecule has 1 N–H and O–H groups in total. The summed E-state index contributed by atoms with van der Waals surface area (Å²) in [4.78, 5) is 0. The van der Waals surface area contributed by atoms with E-state index in [2.05, 4.69) is 13.8 Å². The Morgan fingerprint density at radius 2 is 2.07 bits per heavy atom. The van der Waals surface area contributed by atoms with Gasteiger partial charge in [0, 0.05) is 0 Å². The van der Waals surface area contributed by atoms with Gasteiger partial charge in [-0.05, 0) is 37.0 Å². The van der Waals surface area contributed by atoms with Crippen LogP contribution in [-0.2, 0) is 15.5 Å². The average molecular weight is 220 g/mol. The van der Waals surface area contributed by atoms with E-state index in [-0.39, 0.29) is 0 Å². The second-order valence-electron chi connectivity index (χ2n) is 4.61. The first-order valence-electron chi connectivity index (χ1n) is 5.30. The third-order valence-corrected chi connectivity index (χ3v) is 3.91. The quantitative estimate of drug-likeness (QED) is 0.741. The monoisotopic (exact) mass is 220 g/mol. The van der Waals surface area contributed by atoms with Crippen LogP contribution in [0.5, 0.6) is 0 Å². The predicted molar refractivity (Wildman–Crippen MR) is 57.1 cm³/mol. The molecule has 1 saturated carbocycles. The minimum atomic E-state index is -2.09. The van der Waals surface area contributed by atoms with Crippen molar-refractivity contribution in [3.05, 3.63) is 0 Å². The van der Waals surface area contributed by atoms with Crippen LogP contribution >= 0.6 is 0 Å². The standard InChI is InChI=1S/C10H20O3S/c1-3-10(2)6-4-9(5-7-10)8-13-14(11)12/h9H,3-8H2,1-2H3,(H,11,12). The molecule has 1 aliphatic rings. The fourth-order valence-electron chi connectivity index (χ4n) is 2.05. The van der Waals surface area contributed by atoms with E-state index in [0.29, 0.717) is 17.9 Å². The highest BCUT2D eigenvalue weighted by Gasteiger charge is 2.29. The van der Waals surface area contributed by atoms with E-state index in [1.54, 1.807) is 0 Å². The Morgan fingerprint density at radius 1 is 1.50 bits per heavy atom. The Hall–Kier alpha value is 0.0700. The number of hydrogen-bond donors (Lipinski definition) is 1. The average Bonchev–Trinajstić information content (AvgIpc) is 2.17. The minimum absolute atomic E-state index is 0.433. The second kappa shape index (κ2) is 5.24.